The number of aromatic nitrogens is 4. The summed E-state index contributed by atoms with van der Waals surface area (Å²) in [5, 5.41) is 15.6. The van der Waals surface area contributed by atoms with Crippen molar-refractivity contribution in [3.8, 4) is 11.5 Å². The molecule has 4 aromatic rings. The minimum atomic E-state index is -2.99. The number of hydrogen-bond acceptors (Lipinski definition) is 7. The number of nitrogens with one attached hydrogen (secondary N) is 1. The van der Waals surface area contributed by atoms with E-state index >= 15 is 0 Å². The van der Waals surface area contributed by atoms with E-state index < -0.39 is 36.4 Å². The van der Waals surface area contributed by atoms with Gasteiger partial charge < -0.3 is 19.7 Å². The molecule has 1 aliphatic carbocycles. The molecule has 10 nitrogen and oxygen atoms in total. The molecule has 1 heterocycles. The molecule has 260 valence electrons. The van der Waals surface area contributed by atoms with Gasteiger partial charge in [-0.1, -0.05) is 60.7 Å². The monoisotopic (exact) mass is 674 g/mol. The lowest BCUT2D eigenvalue weighted by atomic mass is 9.72. The highest BCUT2D eigenvalue weighted by atomic mass is 19.3. The molecule has 0 aliphatic heterocycles. The average molecular weight is 675 g/mol. The van der Waals surface area contributed by atoms with Gasteiger partial charge in [-0.3, -0.25) is 4.79 Å². The third-order valence-corrected chi connectivity index (χ3v) is 8.72. The molecule has 0 radical (unpaired) electrons. The van der Waals surface area contributed by atoms with E-state index in [2.05, 4.69) is 32.9 Å². The maximum Gasteiger partial charge on any atom is 0.318 e. The summed E-state index contributed by atoms with van der Waals surface area (Å²) >= 11 is 0. The number of Topliss-reactive ketones (excluding diaryl/α,β-unsaturated/α-hetero) is 1. The lowest BCUT2D eigenvalue weighted by Crippen LogP contribution is -2.62. The van der Waals surface area contributed by atoms with Crippen LogP contribution >= 0.6 is 0 Å². The number of tetrazole rings is 1. The minimum absolute atomic E-state index is 0.0439. The maximum atomic E-state index is 14.6. The molecule has 1 saturated carbocycles. The number of hydrogen-bond donors (Lipinski definition) is 1. The summed E-state index contributed by atoms with van der Waals surface area (Å²) in [6.07, 6.45) is 0.996. The van der Waals surface area contributed by atoms with E-state index in [9.17, 15) is 18.4 Å². The Balaban J connectivity index is 1.43. The highest BCUT2D eigenvalue weighted by molar-refractivity contribution is 5.99. The fourth-order valence-corrected chi connectivity index (χ4v) is 6.30. The third-order valence-electron chi connectivity index (χ3n) is 8.72. The van der Waals surface area contributed by atoms with Gasteiger partial charge in [0, 0.05) is 19.4 Å². The predicted octanol–water partition coefficient (Wildman–Crippen LogP) is 7.14. The first-order valence-corrected chi connectivity index (χ1v) is 16.8. The first-order valence-electron chi connectivity index (χ1n) is 16.8. The number of halogens is 2. The van der Waals surface area contributed by atoms with Gasteiger partial charge in [0.05, 0.1) is 25.8 Å². The third kappa shape index (κ3) is 8.60. The molecular weight excluding hydrogens is 630 g/mol. The Bertz CT molecular complexity index is 1680. The second-order valence-electron chi connectivity index (χ2n) is 12.5. The summed E-state index contributed by atoms with van der Waals surface area (Å²) in [5.74, 6) is -2.43. The van der Waals surface area contributed by atoms with E-state index in [1.165, 1.54) is 17.3 Å². The zero-order valence-electron chi connectivity index (χ0n) is 28.5. The van der Waals surface area contributed by atoms with Crippen molar-refractivity contribution in [2.24, 2.45) is 0 Å². The molecule has 1 atom stereocenters. The van der Waals surface area contributed by atoms with Crippen molar-refractivity contribution in [1.82, 2.24) is 30.4 Å². The number of urea groups is 1. The van der Waals surface area contributed by atoms with E-state index in [1.807, 2.05) is 69.3 Å². The standard InChI is InChI=1S/C37H44F2N6O4/c1-5-48-31-21-30(22-32(49-6-2)33(31)27(4)46)26(3)44(20-14-13-17-28-15-9-7-10-16-28)35(47)40-36(24-37(38,39)25-36)34-41-43-45(42-34)23-29-18-11-8-12-19-29/h7-12,15-16,18-19,21-22,26H,5-6,13-14,17,20,23-25H2,1-4H3,(H,40,47)/t26-/m1/s1. The summed E-state index contributed by atoms with van der Waals surface area (Å²) < 4.78 is 40.9. The van der Waals surface area contributed by atoms with Crippen LogP contribution in [0.5, 0.6) is 11.5 Å². The van der Waals surface area contributed by atoms with Crippen molar-refractivity contribution >= 4 is 11.8 Å². The number of unbranched alkanes of at least 4 members (excludes halogenated alkanes) is 1. The highest BCUT2D eigenvalue weighted by Gasteiger charge is 2.61. The van der Waals surface area contributed by atoms with E-state index in [4.69, 9.17) is 9.47 Å². The smallest absolute Gasteiger partial charge is 0.318 e. The van der Waals surface area contributed by atoms with Crippen molar-refractivity contribution in [2.45, 2.75) is 83.8 Å². The second-order valence-corrected chi connectivity index (χ2v) is 12.5. The molecular formula is C37H44F2N6O4. The molecule has 12 heteroatoms. The van der Waals surface area contributed by atoms with Gasteiger partial charge in [-0.2, -0.15) is 4.80 Å². The Morgan fingerprint density at radius 3 is 2.08 bits per heavy atom. The van der Waals surface area contributed by atoms with E-state index in [1.54, 1.807) is 17.0 Å². The SMILES string of the molecule is CCOc1cc([C@@H](C)N(CCCCc2ccccc2)C(=O)NC2(c3nnn(Cc4ccccc4)n3)CC(F)(F)C2)cc(OCC)c1C(C)=O. The maximum absolute atomic E-state index is 14.6. The van der Waals surface area contributed by atoms with Crippen LogP contribution in [-0.2, 0) is 18.5 Å². The van der Waals surface area contributed by atoms with Gasteiger partial charge in [0.15, 0.2) is 5.78 Å². The molecule has 0 spiro atoms. The molecule has 1 aromatic heterocycles. The Morgan fingerprint density at radius 1 is 0.939 bits per heavy atom. The molecule has 5 rings (SSSR count). The van der Waals surface area contributed by atoms with Gasteiger partial charge in [0.25, 0.3) is 5.92 Å². The molecule has 1 fully saturated rings. The first-order chi connectivity index (χ1) is 23.5. The van der Waals surface area contributed by atoms with Crippen LogP contribution in [0, 0.1) is 0 Å². The Hall–Kier alpha value is -4.87. The molecule has 1 N–H and O–H groups in total. The van der Waals surface area contributed by atoms with Crippen molar-refractivity contribution in [1.29, 1.82) is 0 Å². The van der Waals surface area contributed by atoms with E-state index in [0.717, 1.165) is 18.4 Å². The number of carbonyl (C=O) groups is 2. The van der Waals surface area contributed by atoms with Gasteiger partial charge in [-0.25, -0.2) is 13.6 Å². The van der Waals surface area contributed by atoms with Gasteiger partial charge in [0.1, 0.15) is 22.6 Å². The lowest BCUT2D eigenvalue weighted by molar-refractivity contribution is -0.137. The van der Waals surface area contributed by atoms with Crippen LogP contribution in [0.1, 0.15) is 92.3 Å². The Labute approximate surface area is 285 Å². The lowest BCUT2D eigenvalue weighted by Gasteiger charge is -2.46. The van der Waals surface area contributed by atoms with Crippen LogP contribution < -0.4 is 14.8 Å². The van der Waals surface area contributed by atoms with Gasteiger partial charge in [-0.05, 0) is 81.0 Å². The number of ketones is 1. The topological polar surface area (TPSA) is 111 Å². The normalized spacial score (nSPS) is 15.1. The number of amides is 2. The minimum Gasteiger partial charge on any atom is -0.493 e. The van der Waals surface area contributed by atoms with Crippen molar-refractivity contribution in [2.75, 3.05) is 19.8 Å². The molecule has 2 amide bonds. The number of ether oxygens (including phenoxy) is 2. The zero-order chi connectivity index (χ0) is 35.0. The predicted molar refractivity (Wildman–Crippen MR) is 181 cm³/mol. The summed E-state index contributed by atoms with van der Waals surface area (Å²) in [6, 6.07) is 22.0. The largest absolute Gasteiger partial charge is 0.493 e. The molecule has 0 saturated heterocycles. The van der Waals surface area contributed by atoms with Crippen molar-refractivity contribution in [3.63, 3.8) is 0 Å². The highest BCUT2D eigenvalue weighted by Crippen LogP contribution is 2.51. The number of aryl methyl sites for hydroxylation is 1. The number of benzene rings is 3. The summed E-state index contributed by atoms with van der Waals surface area (Å²) in [5.41, 5.74) is 1.62. The molecule has 49 heavy (non-hydrogen) atoms. The fraction of sp³-hybridized carbons (Fsp3) is 0.432. The number of carbonyl (C=O) groups excluding carboxylic acids is 2. The van der Waals surface area contributed by atoms with Crippen LogP contribution in [0.2, 0.25) is 0 Å². The summed E-state index contributed by atoms with van der Waals surface area (Å²) in [6.45, 7) is 8.25. The average Bonchev–Trinajstić information content (AvgIpc) is 3.53. The second kappa shape index (κ2) is 15.6. The van der Waals surface area contributed by atoms with Gasteiger partial charge >= 0.3 is 6.03 Å². The van der Waals surface area contributed by atoms with Crippen LogP contribution in [0.15, 0.2) is 72.8 Å². The Morgan fingerprint density at radius 2 is 1.53 bits per heavy atom. The van der Waals surface area contributed by atoms with Crippen molar-refractivity contribution < 1.29 is 27.8 Å². The first kappa shape index (κ1) is 35.4. The quantitative estimate of drug-likeness (QED) is 0.0994. The van der Waals surface area contributed by atoms with Gasteiger partial charge in [-0.15, -0.1) is 10.2 Å². The summed E-state index contributed by atoms with van der Waals surface area (Å²) in [4.78, 5) is 29.9. The van der Waals surface area contributed by atoms with Crippen LogP contribution in [0.4, 0.5) is 13.6 Å². The van der Waals surface area contributed by atoms with E-state index in [-0.39, 0.29) is 11.6 Å². The van der Waals surface area contributed by atoms with E-state index in [0.29, 0.717) is 55.4 Å². The molecule has 0 unspecified atom stereocenters. The molecule has 0 bridgehead atoms. The van der Waals surface area contributed by atoms with Crippen LogP contribution in [0.3, 0.4) is 0 Å². The molecule has 3 aromatic carbocycles. The van der Waals surface area contributed by atoms with Crippen LogP contribution in [0.25, 0.3) is 0 Å². The van der Waals surface area contributed by atoms with Gasteiger partial charge in [0.2, 0.25) is 5.82 Å². The van der Waals surface area contributed by atoms with Crippen LogP contribution in [-0.4, -0.2) is 62.6 Å². The van der Waals surface area contributed by atoms with Crippen molar-refractivity contribution in [3.05, 3.63) is 101 Å². The Kier molecular flexibility index (Phi) is 11.3. The zero-order valence-corrected chi connectivity index (χ0v) is 28.5. The number of rotatable bonds is 16. The fourth-order valence-electron chi connectivity index (χ4n) is 6.30. The summed E-state index contributed by atoms with van der Waals surface area (Å²) in [7, 11) is 0. The number of nitrogens with zero attached hydrogens (tertiary/aromatic N) is 5. The molecule has 1 aliphatic rings. The number of alkyl halides is 2.